The van der Waals surface area contributed by atoms with Gasteiger partial charge in [0.05, 0.1) is 11.3 Å². The molecule has 1 saturated carbocycles. The Kier molecular flexibility index (Phi) is 5.99. The molecule has 1 amide bonds. The molecule has 3 N–H and O–H groups in total. The molecular formula is C25H27N3O4. The fourth-order valence-electron chi connectivity index (χ4n) is 4.43. The Morgan fingerprint density at radius 2 is 1.62 bits per heavy atom. The predicted octanol–water partition coefficient (Wildman–Crippen LogP) is 3.57. The molecule has 0 spiro atoms. The van der Waals surface area contributed by atoms with E-state index in [1.165, 1.54) is 16.5 Å². The van der Waals surface area contributed by atoms with Gasteiger partial charge in [0, 0.05) is 26.1 Å². The third-order valence-corrected chi connectivity index (χ3v) is 6.17. The van der Waals surface area contributed by atoms with Crippen LogP contribution >= 0.6 is 0 Å². The van der Waals surface area contributed by atoms with Gasteiger partial charge in [-0.1, -0.05) is 49.2 Å². The van der Waals surface area contributed by atoms with Gasteiger partial charge in [-0.25, -0.2) is 0 Å². The summed E-state index contributed by atoms with van der Waals surface area (Å²) in [6.45, 7) is 0. The number of benzene rings is 2. The second-order valence-electron chi connectivity index (χ2n) is 8.49. The number of hydrogen-bond acceptors (Lipinski definition) is 6. The molecule has 2 atom stereocenters. The molecule has 0 bridgehead atoms. The van der Waals surface area contributed by atoms with Crippen molar-refractivity contribution in [3.63, 3.8) is 0 Å². The zero-order valence-corrected chi connectivity index (χ0v) is 18.2. The molecule has 4 rings (SSSR count). The SMILES string of the molecule is CN(C)C(=O)c1cccc(Nc2c(N[C@H]3CCCC[C@@H]3c3ccccc3)c(=O)c2=O)c1O. The fraction of sp³-hybridized carbons (Fsp3) is 0.320. The largest absolute Gasteiger partial charge is 0.505 e. The van der Waals surface area contributed by atoms with Crippen molar-refractivity contribution >= 4 is 23.0 Å². The number of aromatic hydroxyl groups is 1. The Labute approximate surface area is 186 Å². The number of nitrogens with one attached hydrogen (secondary N) is 2. The van der Waals surface area contributed by atoms with Gasteiger partial charge in [0.2, 0.25) is 0 Å². The van der Waals surface area contributed by atoms with Crippen LogP contribution in [0.25, 0.3) is 0 Å². The Morgan fingerprint density at radius 3 is 2.34 bits per heavy atom. The van der Waals surface area contributed by atoms with E-state index in [1.54, 1.807) is 26.2 Å². The summed E-state index contributed by atoms with van der Waals surface area (Å²) in [5.74, 6) is -0.371. The highest BCUT2D eigenvalue weighted by Crippen LogP contribution is 2.37. The molecular weight excluding hydrogens is 406 g/mol. The zero-order valence-electron chi connectivity index (χ0n) is 18.2. The average Bonchev–Trinajstić information content (AvgIpc) is 2.82. The van der Waals surface area contributed by atoms with Gasteiger partial charge in [-0.3, -0.25) is 14.4 Å². The van der Waals surface area contributed by atoms with Crippen LogP contribution in [0, 0.1) is 0 Å². The minimum atomic E-state index is -0.636. The van der Waals surface area contributed by atoms with Crippen LogP contribution in [0.3, 0.4) is 0 Å². The van der Waals surface area contributed by atoms with Crippen LogP contribution in [0.2, 0.25) is 0 Å². The van der Waals surface area contributed by atoms with Crippen LogP contribution in [0.4, 0.5) is 17.1 Å². The quantitative estimate of drug-likeness (QED) is 0.406. The van der Waals surface area contributed by atoms with Crippen molar-refractivity contribution in [1.29, 1.82) is 0 Å². The molecule has 1 aliphatic carbocycles. The number of phenols is 1. The molecule has 0 aromatic heterocycles. The number of nitrogens with zero attached hydrogens (tertiary/aromatic N) is 1. The van der Waals surface area contributed by atoms with Gasteiger partial charge >= 0.3 is 0 Å². The summed E-state index contributed by atoms with van der Waals surface area (Å²) in [5.41, 5.74) is 0.697. The van der Waals surface area contributed by atoms with E-state index in [-0.39, 0.29) is 46.2 Å². The van der Waals surface area contributed by atoms with Crippen LogP contribution in [0.5, 0.6) is 5.75 Å². The van der Waals surface area contributed by atoms with Crippen molar-refractivity contribution in [1.82, 2.24) is 4.90 Å². The first-order valence-electron chi connectivity index (χ1n) is 10.8. The summed E-state index contributed by atoms with van der Waals surface area (Å²) in [7, 11) is 3.18. The van der Waals surface area contributed by atoms with E-state index in [1.807, 2.05) is 18.2 Å². The second-order valence-corrected chi connectivity index (χ2v) is 8.49. The standard InChI is InChI=1S/C25H27N3O4/c1-28(2)25(32)17-12-8-14-19(22(17)29)27-21-20(23(30)24(21)31)26-18-13-7-6-11-16(18)15-9-4-3-5-10-15/h3-5,8-10,12,14,16,18,26-27,29H,6-7,11,13H2,1-2H3/t16-,18+/m1/s1. The van der Waals surface area contributed by atoms with Crippen molar-refractivity contribution in [3.05, 3.63) is 80.1 Å². The first kappa shape index (κ1) is 21.6. The summed E-state index contributed by atoms with van der Waals surface area (Å²) < 4.78 is 0. The maximum Gasteiger partial charge on any atom is 0.257 e. The summed E-state index contributed by atoms with van der Waals surface area (Å²) in [6.07, 6.45) is 4.08. The number of amides is 1. The lowest BCUT2D eigenvalue weighted by Crippen LogP contribution is -2.41. The predicted molar refractivity (Wildman–Crippen MR) is 126 cm³/mol. The molecule has 0 saturated heterocycles. The van der Waals surface area contributed by atoms with Crippen LogP contribution in [0.15, 0.2) is 58.1 Å². The Bertz CT molecular complexity index is 1200. The molecule has 1 fully saturated rings. The van der Waals surface area contributed by atoms with Crippen molar-refractivity contribution in [3.8, 4) is 5.75 Å². The van der Waals surface area contributed by atoms with E-state index in [4.69, 9.17) is 0 Å². The fourth-order valence-corrected chi connectivity index (χ4v) is 4.43. The van der Waals surface area contributed by atoms with Crippen molar-refractivity contribution < 1.29 is 9.90 Å². The van der Waals surface area contributed by atoms with Crippen LogP contribution < -0.4 is 21.5 Å². The van der Waals surface area contributed by atoms with E-state index >= 15 is 0 Å². The third-order valence-electron chi connectivity index (χ3n) is 6.17. The molecule has 166 valence electrons. The minimum Gasteiger partial charge on any atom is -0.505 e. The molecule has 7 heteroatoms. The Morgan fingerprint density at radius 1 is 0.938 bits per heavy atom. The summed E-state index contributed by atoms with van der Waals surface area (Å²) in [5, 5.41) is 16.8. The highest BCUT2D eigenvalue weighted by atomic mass is 16.3. The highest BCUT2D eigenvalue weighted by molar-refractivity contribution is 5.99. The van der Waals surface area contributed by atoms with Gasteiger partial charge in [-0.15, -0.1) is 0 Å². The first-order valence-corrected chi connectivity index (χ1v) is 10.8. The average molecular weight is 434 g/mol. The van der Waals surface area contributed by atoms with Gasteiger partial charge in [0.25, 0.3) is 16.8 Å². The number of para-hydroxylation sites is 1. The van der Waals surface area contributed by atoms with Crippen molar-refractivity contribution in [2.45, 2.75) is 37.6 Å². The Hall–Kier alpha value is -3.61. The maximum atomic E-state index is 12.4. The number of rotatable bonds is 6. The lowest BCUT2D eigenvalue weighted by atomic mass is 9.79. The molecule has 0 unspecified atom stereocenters. The van der Waals surface area contributed by atoms with Crippen molar-refractivity contribution in [2.75, 3.05) is 24.7 Å². The highest BCUT2D eigenvalue weighted by Gasteiger charge is 2.31. The van der Waals surface area contributed by atoms with E-state index < -0.39 is 10.9 Å². The van der Waals surface area contributed by atoms with E-state index in [2.05, 4.69) is 22.8 Å². The van der Waals surface area contributed by atoms with Gasteiger partial charge in [-0.05, 0) is 30.5 Å². The topological polar surface area (TPSA) is 98.7 Å². The summed E-state index contributed by atoms with van der Waals surface area (Å²) >= 11 is 0. The summed E-state index contributed by atoms with van der Waals surface area (Å²) in [4.78, 5) is 38.4. The molecule has 3 aromatic carbocycles. The third kappa shape index (κ3) is 3.98. The van der Waals surface area contributed by atoms with E-state index in [9.17, 15) is 19.5 Å². The van der Waals surface area contributed by atoms with E-state index in [0.29, 0.717) is 0 Å². The molecule has 7 nitrogen and oxygen atoms in total. The zero-order chi connectivity index (χ0) is 22.8. The van der Waals surface area contributed by atoms with Crippen molar-refractivity contribution in [2.24, 2.45) is 0 Å². The van der Waals surface area contributed by atoms with Gasteiger partial charge in [0.1, 0.15) is 11.4 Å². The lowest BCUT2D eigenvalue weighted by molar-refractivity contribution is 0.0824. The second kappa shape index (κ2) is 8.86. The summed E-state index contributed by atoms with van der Waals surface area (Å²) in [6, 6.07) is 14.9. The minimum absolute atomic E-state index is 0.0326. The number of hydrogen-bond donors (Lipinski definition) is 3. The van der Waals surface area contributed by atoms with Crippen LogP contribution in [-0.2, 0) is 0 Å². The van der Waals surface area contributed by atoms with Gasteiger partial charge in [-0.2, -0.15) is 0 Å². The lowest BCUT2D eigenvalue weighted by Gasteiger charge is -2.34. The monoisotopic (exact) mass is 433 g/mol. The molecule has 3 aromatic rings. The molecule has 0 heterocycles. The Balaban J connectivity index is 1.60. The number of carbonyl (C=O) groups is 1. The molecule has 0 aliphatic heterocycles. The normalized spacial score (nSPS) is 18.3. The number of phenolic OH excluding ortho intramolecular Hbond substituents is 1. The van der Waals surface area contributed by atoms with E-state index in [0.717, 1.165) is 25.7 Å². The van der Waals surface area contributed by atoms with Crippen LogP contribution in [0.1, 0.15) is 47.5 Å². The van der Waals surface area contributed by atoms with Crippen LogP contribution in [-0.4, -0.2) is 36.1 Å². The molecule has 0 radical (unpaired) electrons. The van der Waals surface area contributed by atoms with Gasteiger partial charge < -0.3 is 20.6 Å². The smallest absolute Gasteiger partial charge is 0.257 e. The molecule has 1 aliphatic rings. The molecule has 32 heavy (non-hydrogen) atoms. The van der Waals surface area contributed by atoms with Gasteiger partial charge in [0.15, 0.2) is 5.75 Å². The first-order chi connectivity index (χ1) is 15.4. The number of carbonyl (C=O) groups excluding carboxylic acids is 1. The maximum absolute atomic E-state index is 12.4. The number of anilines is 3.